The molecule has 0 aliphatic heterocycles. The maximum Gasteiger partial charge on any atom is 0.341 e. The Morgan fingerprint density at radius 3 is 2.60 bits per heavy atom. The second-order valence-corrected chi connectivity index (χ2v) is 7.54. The van der Waals surface area contributed by atoms with E-state index in [0.717, 1.165) is 12.1 Å². The number of nitriles is 1. The molecule has 0 saturated carbocycles. The van der Waals surface area contributed by atoms with Crippen molar-refractivity contribution < 1.29 is 22.4 Å². The van der Waals surface area contributed by atoms with Crippen molar-refractivity contribution in [3.05, 3.63) is 56.3 Å². The summed E-state index contributed by atoms with van der Waals surface area (Å²) >= 11 is 11.7. The number of methoxy groups -OCH3 is 1. The van der Waals surface area contributed by atoms with Crippen LogP contribution in [0.15, 0.2) is 38.5 Å². The Bertz CT molecular complexity index is 1020. The second-order valence-electron chi connectivity index (χ2n) is 4.81. The van der Waals surface area contributed by atoms with Gasteiger partial charge in [0.05, 0.1) is 17.0 Å². The number of allylic oxidation sites excluding steroid dienone is 1. The number of hydrogen-bond acceptors (Lipinski definition) is 6. The van der Waals surface area contributed by atoms with Gasteiger partial charge in [-0.25, -0.2) is 13.2 Å². The van der Waals surface area contributed by atoms with Crippen LogP contribution in [0.1, 0.15) is 21.9 Å². The highest BCUT2D eigenvalue weighted by Gasteiger charge is 2.25. The molecule has 9 heteroatoms. The monoisotopic (exact) mass is 399 g/mol. The first-order valence-electron chi connectivity index (χ1n) is 6.71. The first-order valence-corrected chi connectivity index (χ1v) is 8.95. The first-order chi connectivity index (χ1) is 11.7. The predicted molar refractivity (Wildman–Crippen MR) is 92.0 cm³/mol. The molecule has 0 saturated heterocycles. The van der Waals surface area contributed by atoms with Gasteiger partial charge in [0, 0.05) is 11.1 Å². The minimum atomic E-state index is -4.22. The zero-order valence-electron chi connectivity index (χ0n) is 13.0. The van der Waals surface area contributed by atoms with Crippen molar-refractivity contribution in [2.45, 2.75) is 11.8 Å². The number of rotatable bonds is 4. The third-order valence-electron chi connectivity index (χ3n) is 3.20. The van der Waals surface area contributed by atoms with Crippen LogP contribution in [-0.2, 0) is 14.6 Å². The SMILES string of the molecule is COC(=O)c1cc(C=C(C#N)S(=O)(=O)c2cc(Cl)ccc2Cl)oc1C. The van der Waals surface area contributed by atoms with Crippen LogP contribution < -0.4 is 0 Å². The Morgan fingerprint density at radius 2 is 2.00 bits per heavy atom. The number of hydrogen-bond donors (Lipinski definition) is 0. The van der Waals surface area contributed by atoms with E-state index in [9.17, 15) is 18.5 Å². The number of sulfone groups is 1. The molecule has 1 aromatic heterocycles. The standard InChI is InChI=1S/C16H11Cl2NO5S/c1-9-13(16(20)23-2)7-11(24-9)6-12(8-19)25(21,22)15-5-10(17)3-4-14(15)18/h3-7H,1-2H3. The molecule has 0 unspecified atom stereocenters. The molecule has 0 bridgehead atoms. The zero-order chi connectivity index (χ0) is 18.8. The van der Waals surface area contributed by atoms with Gasteiger partial charge in [-0.05, 0) is 31.2 Å². The second kappa shape index (κ2) is 7.31. The Labute approximate surface area is 154 Å². The number of halogens is 2. The van der Waals surface area contributed by atoms with Crippen LogP contribution in [0.4, 0.5) is 0 Å². The molecule has 25 heavy (non-hydrogen) atoms. The number of aryl methyl sites for hydroxylation is 1. The molecular formula is C16H11Cl2NO5S. The summed E-state index contributed by atoms with van der Waals surface area (Å²) in [5, 5.41) is 9.35. The summed E-state index contributed by atoms with van der Waals surface area (Å²) in [5.41, 5.74) is 0.129. The maximum absolute atomic E-state index is 12.7. The average Bonchev–Trinajstić information content (AvgIpc) is 2.94. The average molecular weight is 400 g/mol. The van der Waals surface area contributed by atoms with Gasteiger partial charge in [0.2, 0.25) is 9.84 Å². The van der Waals surface area contributed by atoms with E-state index >= 15 is 0 Å². The van der Waals surface area contributed by atoms with Gasteiger partial charge >= 0.3 is 5.97 Å². The normalized spacial score (nSPS) is 11.9. The van der Waals surface area contributed by atoms with Gasteiger partial charge in [-0.1, -0.05) is 23.2 Å². The summed E-state index contributed by atoms with van der Waals surface area (Å²) in [6, 6.07) is 6.78. The summed E-state index contributed by atoms with van der Waals surface area (Å²) in [6.07, 6.45) is 1.01. The van der Waals surface area contributed by atoms with Crippen molar-refractivity contribution in [2.75, 3.05) is 7.11 Å². The van der Waals surface area contributed by atoms with E-state index in [2.05, 4.69) is 4.74 Å². The molecule has 0 spiro atoms. The maximum atomic E-state index is 12.7. The number of nitrogens with zero attached hydrogens (tertiary/aromatic N) is 1. The molecule has 0 amide bonds. The fourth-order valence-corrected chi connectivity index (χ4v) is 3.88. The number of carbonyl (C=O) groups is 1. The summed E-state index contributed by atoms with van der Waals surface area (Å²) in [5.74, 6) is -0.398. The van der Waals surface area contributed by atoms with Crippen LogP contribution in [0.5, 0.6) is 0 Å². The van der Waals surface area contributed by atoms with Gasteiger partial charge in [0.15, 0.2) is 4.91 Å². The Balaban J connectivity index is 2.56. The van der Waals surface area contributed by atoms with Crippen LogP contribution in [0.25, 0.3) is 6.08 Å². The lowest BCUT2D eigenvalue weighted by Gasteiger charge is -2.05. The van der Waals surface area contributed by atoms with Gasteiger partial charge < -0.3 is 9.15 Å². The first kappa shape index (κ1) is 19.1. The highest BCUT2D eigenvalue weighted by Crippen LogP contribution is 2.30. The highest BCUT2D eigenvalue weighted by atomic mass is 35.5. The van der Waals surface area contributed by atoms with Crippen LogP contribution in [0.3, 0.4) is 0 Å². The predicted octanol–water partition coefficient (Wildman–Crippen LogP) is 4.02. The lowest BCUT2D eigenvalue weighted by molar-refractivity contribution is 0.0599. The van der Waals surface area contributed by atoms with Crippen LogP contribution in [-0.4, -0.2) is 21.5 Å². The largest absolute Gasteiger partial charge is 0.465 e. The molecule has 0 N–H and O–H groups in total. The number of benzene rings is 1. The van der Waals surface area contributed by atoms with E-state index in [1.54, 1.807) is 6.07 Å². The van der Waals surface area contributed by atoms with Gasteiger partial charge in [0.25, 0.3) is 0 Å². The van der Waals surface area contributed by atoms with Crippen molar-refractivity contribution in [1.29, 1.82) is 5.26 Å². The van der Waals surface area contributed by atoms with Crippen molar-refractivity contribution in [3.63, 3.8) is 0 Å². The fraction of sp³-hybridized carbons (Fsp3) is 0.125. The third-order valence-corrected chi connectivity index (χ3v) is 5.58. The number of esters is 1. The van der Waals surface area contributed by atoms with E-state index in [0.29, 0.717) is 0 Å². The van der Waals surface area contributed by atoms with Crippen LogP contribution >= 0.6 is 23.2 Å². The number of furan rings is 1. The summed E-state index contributed by atoms with van der Waals surface area (Å²) < 4.78 is 35.2. The molecule has 0 aliphatic carbocycles. The molecule has 0 radical (unpaired) electrons. The topological polar surface area (TPSA) is 97.4 Å². The van der Waals surface area contributed by atoms with E-state index in [-0.39, 0.29) is 32.0 Å². The molecule has 2 aromatic rings. The minimum Gasteiger partial charge on any atom is -0.465 e. The Kier molecular flexibility index (Phi) is 5.58. The lowest BCUT2D eigenvalue weighted by atomic mass is 10.2. The van der Waals surface area contributed by atoms with Gasteiger partial charge in [-0.2, -0.15) is 5.26 Å². The molecule has 130 valence electrons. The molecule has 1 heterocycles. The molecule has 6 nitrogen and oxygen atoms in total. The molecule has 0 fully saturated rings. The highest BCUT2D eigenvalue weighted by molar-refractivity contribution is 7.95. The van der Waals surface area contributed by atoms with E-state index < -0.39 is 20.7 Å². The molecule has 0 atom stereocenters. The fourth-order valence-electron chi connectivity index (χ4n) is 1.99. The summed E-state index contributed by atoms with van der Waals surface area (Å²) in [6.45, 7) is 1.51. The number of ether oxygens (including phenoxy) is 1. The summed E-state index contributed by atoms with van der Waals surface area (Å²) in [7, 11) is -3.02. The van der Waals surface area contributed by atoms with Crippen molar-refractivity contribution in [3.8, 4) is 6.07 Å². The van der Waals surface area contributed by atoms with Gasteiger partial charge in [0.1, 0.15) is 23.2 Å². The Morgan fingerprint density at radius 1 is 1.32 bits per heavy atom. The minimum absolute atomic E-state index is 0.0103. The van der Waals surface area contributed by atoms with Crippen LogP contribution in [0.2, 0.25) is 10.0 Å². The zero-order valence-corrected chi connectivity index (χ0v) is 15.4. The van der Waals surface area contributed by atoms with E-state index in [1.165, 1.54) is 32.2 Å². The quantitative estimate of drug-likeness (QED) is 0.568. The van der Waals surface area contributed by atoms with Crippen LogP contribution in [0, 0.1) is 18.3 Å². The molecule has 1 aromatic carbocycles. The molecule has 2 rings (SSSR count). The van der Waals surface area contributed by atoms with Gasteiger partial charge in [-0.3, -0.25) is 0 Å². The van der Waals surface area contributed by atoms with E-state index in [4.69, 9.17) is 27.6 Å². The summed E-state index contributed by atoms with van der Waals surface area (Å²) in [4.78, 5) is 10.7. The van der Waals surface area contributed by atoms with E-state index in [1.807, 2.05) is 0 Å². The van der Waals surface area contributed by atoms with Crippen molar-refractivity contribution >= 4 is 45.1 Å². The van der Waals surface area contributed by atoms with Crippen molar-refractivity contribution in [2.24, 2.45) is 0 Å². The molecule has 0 aliphatic rings. The third kappa shape index (κ3) is 3.87. The smallest absolute Gasteiger partial charge is 0.341 e. The molecular weight excluding hydrogens is 389 g/mol. The van der Waals surface area contributed by atoms with Gasteiger partial charge in [-0.15, -0.1) is 0 Å². The lowest BCUT2D eigenvalue weighted by Crippen LogP contribution is -2.04. The number of carbonyl (C=O) groups excluding carboxylic acids is 1. The van der Waals surface area contributed by atoms with Crippen molar-refractivity contribution in [1.82, 2.24) is 0 Å². The Hall–Kier alpha value is -2.27.